The molecule has 1 aromatic heterocycles. The number of thioether (sulfide) groups is 1. The molecule has 1 atom stereocenters. The number of urea groups is 1. The quantitative estimate of drug-likeness (QED) is 0.391. The molecule has 4 amide bonds. The minimum Gasteiger partial charge on any atom is -0.342 e. The van der Waals surface area contributed by atoms with E-state index in [4.69, 9.17) is 5.26 Å². The van der Waals surface area contributed by atoms with Crippen LogP contribution in [0.2, 0.25) is 0 Å². The molecular weight excluding hydrogens is 404 g/mol. The number of β-lactam (4-membered cyclic amide) rings is 1. The maximum atomic E-state index is 11.9. The molecule has 0 radical (unpaired) electrons. The maximum Gasteiger partial charge on any atom is 0.339 e. The summed E-state index contributed by atoms with van der Waals surface area (Å²) in [6.07, 6.45) is 0. The first-order valence-corrected chi connectivity index (χ1v) is 10.5. The number of carbonyl (C=O) groups excluding carboxylic acids is 3. The van der Waals surface area contributed by atoms with Crippen LogP contribution in [0.25, 0.3) is 0 Å². The van der Waals surface area contributed by atoms with Gasteiger partial charge in [-0.2, -0.15) is 18.1 Å². The number of nitrogens with zero attached hydrogens (tertiary/aromatic N) is 3. The first-order valence-electron chi connectivity index (χ1n) is 7.05. The Morgan fingerprint density at radius 3 is 2.85 bits per heavy atom. The van der Waals surface area contributed by atoms with Crippen LogP contribution in [-0.4, -0.2) is 59.6 Å². The zero-order chi connectivity index (χ0) is 19.3. The van der Waals surface area contributed by atoms with E-state index in [0.717, 1.165) is 28.2 Å². The van der Waals surface area contributed by atoms with Gasteiger partial charge >= 0.3 is 16.2 Å². The van der Waals surface area contributed by atoms with Crippen LogP contribution >= 0.6 is 23.3 Å². The van der Waals surface area contributed by atoms with Gasteiger partial charge in [-0.05, 0) is 24.5 Å². The second-order valence-corrected chi connectivity index (χ2v) is 8.47. The molecule has 3 N–H and O–H groups in total. The number of nitriles is 1. The smallest absolute Gasteiger partial charge is 0.339 e. The molecule has 0 bridgehead atoms. The van der Waals surface area contributed by atoms with Crippen molar-refractivity contribution in [2.75, 3.05) is 22.8 Å². The molecule has 0 aliphatic carbocycles. The Hall–Kier alpha value is -2.37. The van der Waals surface area contributed by atoms with Gasteiger partial charge in [0.15, 0.2) is 5.82 Å². The van der Waals surface area contributed by atoms with Crippen LogP contribution in [0.4, 0.5) is 10.6 Å². The average molecular weight is 418 g/mol. The molecule has 2 heterocycles. The van der Waals surface area contributed by atoms with E-state index >= 15 is 0 Å². The molecule has 1 aromatic rings. The summed E-state index contributed by atoms with van der Waals surface area (Å²) >= 11 is 2.17. The summed E-state index contributed by atoms with van der Waals surface area (Å²) in [5, 5.41) is 10.8. The highest BCUT2D eigenvalue weighted by atomic mass is 32.2. The average Bonchev–Trinajstić information content (AvgIpc) is 2.94. The Morgan fingerprint density at radius 2 is 2.27 bits per heavy atom. The van der Waals surface area contributed by atoms with Gasteiger partial charge < -0.3 is 5.32 Å². The van der Waals surface area contributed by atoms with Crippen molar-refractivity contribution in [2.24, 2.45) is 0 Å². The van der Waals surface area contributed by atoms with Gasteiger partial charge in [0.05, 0.1) is 24.1 Å². The number of carbonyl (C=O) groups is 3. The molecule has 0 saturated carbocycles. The van der Waals surface area contributed by atoms with E-state index in [9.17, 15) is 22.8 Å². The molecule has 1 fully saturated rings. The lowest BCUT2D eigenvalue weighted by Crippen LogP contribution is -2.67. The zero-order valence-corrected chi connectivity index (χ0v) is 15.8. The van der Waals surface area contributed by atoms with Crippen molar-refractivity contribution in [1.82, 2.24) is 19.3 Å². The van der Waals surface area contributed by atoms with Crippen molar-refractivity contribution in [3.8, 4) is 6.07 Å². The van der Waals surface area contributed by atoms with Gasteiger partial charge in [-0.25, -0.2) is 14.2 Å². The fourth-order valence-electron chi connectivity index (χ4n) is 1.89. The van der Waals surface area contributed by atoms with Crippen molar-refractivity contribution in [3.63, 3.8) is 0 Å². The molecular formula is C12H14N6O5S3. The number of rotatable bonds is 7. The van der Waals surface area contributed by atoms with Crippen LogP contribution < -0.4 is 14.8 Å². The van der Waals surface area contributed by atoms with Crippen LogP contribution in [0.3, 0.4) is 0 Å². The molecule has 0 aromatic carbocycles. The third-order valence-electron chi connectivity index (χ3n) is 3.00. The zero-order valence-electron chi connectivity index (χ0n) is 13.4. The Morgan fingerprint density at radius 1 is 1.54 bits per heavy atom. The second kappa shape index (κ2) is 8.34. The minimum atomic E-state index is -4.24. The number of likely N-dealkylation sites (tertiary alicyclic amines) is 1. The Kier molecular flexibility index (Phi) is 6.40. The van der Waals surface area contributed by atoms with E-state index in [0.29, 0.717) is 4.90 Å². The highest BCUT2D eigenvalue weighted by Crippen LogP contribution is 2.15. The lowest BCUT2D eigenvalue weighted by Gasteiger charge is -2.36. The standard InChI is InChI=1S/C12H14N6O5S3/c1-7-4-9(15-25-7)16-26(22,23)17-12(21)18-5-8(11(18)20)14-10(19)6-24-3-2-13/h4,8H,3,5-6H2,1H3,(H,14,19)(H,15,16)(H,17,21)/t8-/m0/s1. The van der Waals surface area contributed by atoms with E-state index in [-0.39, 0.29) is 23.9 Å². The molecule has 14 heteroatoms. The van der Waals surface area contributed by atoms with Crippen molar-refractivity contribution in [2.45, 2.75) is 13.0 Å². The van der Waals surface area contributed by atoms with Crippen LogP contribution in [0.15, 0.2) is 6.07 Å². The van der Waals surface area contributed by atoms with Crippen LogP contribution in [0, 0.1) is 18.3 Å². The molecule has 140 valence electrons. The van der Waals surface area contributed by atoms with Gasteiger partial charge in [0, 0.05) is 4.88 Å². The molecule has 11 nitrogen and oxygen atoms in total. The number of aromatic nitrogens is 1. The lowest BCUT2D eigenvalue weighted by atomic mass is 10.1. The SMILES string of the molecule is Cc1cc(NS(=O)(=O)NC(=O)N2C[C@H](NC(=O)CSCC#N)C2=O)ns1. The molecule has 0 unspecified atom stereocenters. The Labute approximate surface area is 157 Å². The number of hydrogen-bond acceptors (Lipinski definition) is 9. The van der Waals surface area contributed by atoms with E-state index in [1.807, 2.05) is 6.07 Å². The third-order valence-corrected chi connectivity index (χ3v) is 5.41. The summed E-state index contributed by atoms with van der Waals surface area (Å²) in [6, 6.07) is 1.33. The largest absolute Gasteiger partial charge is 0.342 e. The predicted octanol–water partition coefficient (Wildman–Crippen LogP) is -0.598. The number of nitrogens with one attached hydrogen (secondary N) is 3. The maximum absolute atomic E-state index is 11.9. The predicted molar refractivity (Wildman–Crippen MR) is 94.5 cm³/mol. The highest BCUT2D eigenvalue weighted by molar-refractivity contribution is 8.00. The summed E-state index contributed by atoms with van der Waals surface area (Å²) < 4.78 is 31.3. The lowest BCUT2D eigenvalue weighted by molar-refractivity contribution is -0.142. The summed E-state index contributed by atoms with van der Waals surface area (Å²) in [5.41, 5.74) is 0. The van der Waals surface area contributed by atoms with E-state index < -0.39 is 34.1 Å². The number of aryl methyl sites for hydroxylation is 1. The molecule has 1 saturated heterocycles. The van der Waals surface area contributed by atoms with Crippen molar-refractivity contribution in [3.05, 3.63) is 10.9 Å². The third kappa shape index (κ3) is 5.31. The number of amides is 4. The first-order chi connectivity index (χ1) is 12.2. The summed E-state index contributed by atoms with van der Waals surface area (Å²) in [6.45, 7) is 1.59. The first kappa shape index (κ1) is 19.9. The number of anilines is 1. The van der Waals surface area contributed by atoms with Crippen LogP contribution in [0.5, 0.6) is 0 Å². The van der Waals surface area contributed by atoms with Crippen LogP contribution in [-0.2, 0) is 19.8 Å². The molecule has 0 spiro atoms. The van der Waals surface area contributed by atoms with Gasteiger partial charge in [-0.3, -0.25) is 14.5 Å². The Bertz CT molecular complexity index is 861. The highest BCUT2D eigenvalue weighted by Gasteiger charge is 2.42. The van der Waals surface area contributed by atoms with E-state index in [1.165, 1.54) is 6.07 Å². The van der Waals surface area contributed by atoms with Gasteiger partial charge in [0.25, 0.3) is 5.91 Å². The van der Waals surface area contributed by atoms with Crippen molar-refractivity contribution >= 4 is 57.2 Å². The van der Waals surface area contributed by atoms with Crippen molar-refractivity contribution in [1.29, 1.82) is 5.26 Å². The fraction of sp³-hybridized carbons (Fsp3) is 0.417. The summed E-state index contributed by atoms with van der Waals surface area (Å²) in [4.78, 5) is 36.8. The van der Waals surface area contributed by atoms with Gasteiger partial charge in [-0.15, -0.1) is 11.8 Å². The van der Waals surface area contributed by atoms with E-state index in [1.54, 1.807) is 11.6 Å². The minimum absolute atomic E-state index is 0.00882. The molecule has 26 heavy (non-hydrogen) atoms. The van der Waals surface area contributed by atoms with Gasteiger partial charge in [0.2, 0.25) is 5.91 Å². The van der Waals surface area contributed by atoms with Gasteiger partial charge in [0.1, 0.15) is 6.04 Å². The normalized spacial score (nSPS) is 16.4. The Balaban J connectivity index is 1.81. The van der Waals surface area contributed by atoms with Gasteiger partial charge in [-0.1, -0.05) is 0 Å². The topological polar surface area (TPSA) is 161 Å². The van der Waals surface area contributed by atoms with E-state index in [2.05, 4.69) is 14.4 Å². The van der Waals surface area contributed by atoms with Crippen molar-refractivity contribution < 1.29 is 22.8 Å². The van der Waals surface area contributed by atoms with Crippen LogP contribution in [0.1, 0.15) is 4.88 Å². The molecule has 1 aliphatic rings. The molecule has 2 rings (SSSR count). The number of imide groups is 1. The second-order valence-electron chi connectivity index (χ2n) is 5.06. The summed E-state index contributed by atoms with van der Waals surface area (Å²) in [7, 11) is -4.24. The monoisotopic (exact) mass is 418 g/mol. The fourth-order valence-corrected chi connectivity index (χ4v) is 3.69. The summed E-state index contributed by atoms with van der Waals surface area (Å²) in [5.74, 6) is -0.959. The molecule has 1 aliphatic heterocycles. The number of hydrogen-bond donors (Lipinski definition) is 3.